The summed E-state index contributed by atoms with van der Waals surface area (Å²) in [6.45, 7) is 5.80. The number of amides is 1. The van der Waals surface area contributed by atoms with Gasteiger partial charge in [-0.25, -0.2) is 4.79 Å². The molecule has 0 aromatic rings. The molecule has 2 rings (SSSR count). The van der Waals surface area contributed by atoms with Crippen LogP contribution in [-0.4, -0.2) is 23.0 Å². The number of halogens is 1. The Kier molecular flexibility index (Phi) is 4.52. The van der Waals surface area contributed by atoms with Crippen molar-refractivity contribution < 1.29 is 14.3 Å². The molecule has 0 aromatic heterocycles. The fraction of sp³-hybridized carbons (Fsp3) is 0.375. The van der Waals surface area contributed by atoms with Gasteiger partial charge in [-0.1, -0.05) is 61.0 Å². The molecule has 1 fully saturated rings. The van der Waals surface area contributed by atoms with Gasteiger partial charge in [-0.15, -0.1) is 0 Å². The van der Waals surface area contributed by atoms with Gasteiger partial charge in [0.1, 0.15) is 5.70 Å². The summed E-state index contributed by atoms with van der Waals surface area (Å²) in [5.74, 6) is -0.720. The van der Waals surface area contributed by atoms with Crippen LogP contribution in [0.25, 0.3) is 0 Å². The lowest BCUT2D eigenvalue weighted by Crippen LogP contribution is -2.43. The average molecular weight is 352 g/mol. The van der Waals surface area contributed by atoms with Gasteiger partial charge in [0.25, 0.3) is 5.91 Å². The number of esters is 1. The third-order valence-corrected chi connectivity index (χ3v) is 3.66. The first-order chi connectivity index (χ1) is 9.86. The lowest BCUT2D eigenvalue weighted by atomic mass is 9.93. The Morgan fingerprint density at radius 2 is 2.14 bits per heavy atom. The lowest BCUT2D eigenvalue weighted by Gasteiger charge is -2.32. The van der Waals surface area contributed by atoms with Gasteiger partial charge in [0.05, 0.1) is 0 Å². The van der Waals surface area contributed by atoms with Crippen molar-refractivity contribution in [3.05, 3.63) is 46.6 Å². The van der Waals surface area contributed by atoms with E-state index in [9.17, 15) is 9.59 Å². The molecule has 112 valence electrons. The van der Waals surface area contributed by atoms with E-state index < -0.39 is 12.2 Å². The Hall–Kier alpha value is -1.62. The molecule has 0 radical (unpaired) electrons. The number of nitrogens with zero attached hydrogens (tertiary/aromatic N) is 1. The number of hydrogen-bond acceptors (Lipinski definition) is 3. The van der Waals surface area contributed by atoms with Gasteiger partial charge in [-0.2, -0.15) is 0 Å². The molecule has 21 heavy (non-hydrogen) atoms. The van der Waals surface area contributed by atoms with Crippen molar-refractivity contribution in [1.29, 1.82) is 0 Å². The summed E-state index contributed by atoms with van der Waals surface area (Å²) in [5, 5.41) is 0. The van der Waals surface area contributed by atoms with E-state index in [1.54, 1.807) is 6.08 Å². The average Bonchev–Trinajstić information content (AvgIpc) is 2.61. The number of allylic oxidation sites excluding steroid dienone is 4. The molecule has 0 N–H and O–H groups in total. The Morgan fingerprint density at radius 3 is 2.76 bits per heavy atom. The second-order valence-electron chi connectivity index (χ2n) is 5.98. The summed E-state index contributed by atoms with van der Waals surface area (Å²) in [4.78, 5) is 27.6. The first-order valence-electron chi connectivity index (χ1n) is 6.74. The van der Waals surface area contributed by atoms with Crippen LogP contribution in [0.5, 0.6) is 0 Å². The van der Waals surface area contributed by atoms with Crippen LogP contribution in [0.1, 0.15) is 27.2 Å². The minimum absolute atomic E-state index is 0.228. The zero-order chi connectivity index (χ0) is 15.6. The van der Waals surface area contributed by atoms with Crippen LogP contribution in [0.4, 0.5) is 0 Å². The number of carbonyl (C=O) groups excluding carboxylic acids is 2. The maximum atomic E-state index is 12.8. The summed E-state index contributed by atoms with van der Waals surface area (Å²) >= 11 is 3.15. The van der Waals surface area contributed by atoms with E-state index in [0.717, 1.165) is 0 Å². The fourth-order valence-electron chi connectivity index (χ4n) is 2.19. The molecule has 1 atom stereocenters. The number of carbonyl (C=O) groups is 2. The summed E-state index contributed by atoms with van der Waals surface area (Å²) in [6, 6.07) is 0. The zero-order valence-corrected chi connectivity index (χ0v) is 13.9. The van der Waals surface area contributed by atoms with E-state index in [-0.39, 0.29) is 17.0 Å². The van der Waals surface area contributed by atoms with Crippen LogP contribution in [0, 0.1) is 5.41 Å². The Morgan fingerprint density at radius 1 is 1.43 bits per heavy atom. The molecule has 1 unspecified atom stereocenters. The normalized spacial score (nSPS) is 24.1. The lowest BCUT2D eigenvalue weighted by molar-refractivity contribution is -0.150. The molecule has 2 aliphatic rings. The third kappa shape index (κ3) is 3.18. The molecule has 4 nitrogen and oxygen atoms in total. The maximum Gasteiger partial charge on any atom is 0.357 e. The van der Waals surface area contributed by atoms with Crippen molar-refractivity contribution in [3.8, 4) is 0 Å². The van der Waals surface area contributed by atoms with Gasteiger partial charge in [0.2, 0.25) is 0 Å². The van der Waals surface area contributed by atoms with Gasteiger partial charge >= 0.3 is 5.97 Å². The highest BCUT2D eigenvalue weighted by Gasteiger charge is 2.46. The van der Waals surface area contributed by atoms with E-state index in [1.807, 2.05) is 45.1 Å². The van der Waals surface area contributed by atoms with E-state index in [4.69, 9.17) is 4.74 Å². The summed E-state index contributed by atoms with van der Waals surface area (Å²) in [6.07, 6.45) is 9.34. The van der Waals surface area contributed by atoms with E-state index in [0.29, 0.717) is 12.0 Å². The molecular weight excluding hydrogens is 334 g/mol. The van der Waals surface area contributed by atoms with Crippen LogP contribution in [0.3, 0.4) is 0 Å². The summed E-state index contributed by atoms with van der Waals surface area (Å²) in [5.41, 5.74) is 0.405. The monoisotopic (exact) mass is 351 g/mol. The Labute approximate surface area is 133 Å². The quantitative estimate of drug-likeness (QED) is 0.537. The fourth-order valence-corrected chi connectivity index (χ4v) is 2.60. The van der Waals surface area contributed by atoms with Crippen molar-refractivity contribution in [2.45, 2.75) is 33.4 Å². The molecule has 1 aliphatic heterocycles. The molecule has 1 saturated heterocycles. The SMILES string of the molecule is CC(C)(C)C1OC(=O)/C(=C/Br)N1C(=O)C1=CCC=CC=C1. The van der Waals surface area contributed by atoms with Gasteiger partial charge in [0, 0.05) is 16.0 Å². The van der Waals surface area contributed by atoms with Gasteiger partial charge < -0.3 is 4.74 Å². The second kappa shape index (κ2) is 6.02. The maximum absolute atomic E-state index is 12.8. The zero-order valence-electron chi connectivity index (χ0n) is 12.3. The van der Waals surface area contributed by atoms with E-state index in [1.165, 1.54) is 9.89 Å². The highest BCUT2D eigenvalue weighted by Crippen LogP contribution is 2.35. The topological polar surface area (TPSA) is 46.6 Å². The highest BCUT2D eigenvalue weighted by atomic mass is 79.9. The molecule has 0 saturated carbocycles. The standard InChI is InChI=1S/C16H18BrNO3/c1-16(2,3)15-18(12(10-17)14(20)21-15)13(19)11-8-6-4-5-7-9-11/h4-6,8-10,15H,7H2,1-3H3/b12-10-. The third-order valence-electron chi connectivity index (χ3n) is 3.23. The molecule has 1 aliphatic carbocycles. The van der Waals surface area contributed by atoms with Gasteiger partial charge in [-0.3, -0.25) is 9.69 Å². The van der Waals surface area contributed by atoms with E-state index in [2.05, 4.69) is 15.9 Å². The van der Waals surface area contributed by atoms with Crippen LogP contribution < -0.4 is 0 Å². The molecule has 1 heterocycles. The number of cyclic esters (lactones) is 1. The van der Waals surface area contributed by atoms with Crippen molar-refractivity contribution in [2.75, 3.05) is 0 Å². The first-order valence-corrected chi connectivity index (χ1v) is 7.66. The minimum atomic E-state index is -0.619. The molecule has 0 aromatic carbocycles. The molecule has 5 heteroatoms. The smallest absolute Gasteiger partial charge is 0.357 e. The largest absolute Gasteiger partial charge is 0.436 e. The molecular formula is C16H18BrNO3. The van der Waals surface area contributed by atoms with Crippen LogP contribution >= 0.6 is 15.9 Å². The Bertz CT molecular complexity index is 579. The van der Waals surface area contributed by atoms with Crippen molar-refractivity contribution in [1.82, 2.24) is 4.90 Å². The number of rotatable bonds is 1. The Balaban J connectivity index is 2.39. The summed E-state index contributed by atoms with van der Waals surface area (Å²) < 4.78 is 5.39. The second-order valence-corrected chi connectivity index (χ2v) is 6.43. The predicted octanol–water partition coefficient (Wildman–Crippen LogP) is 3.42. The van der Waals surface area contributed by atoms with Crippen LogP contribution in [0.2, 0.25) is 0 Å². The van der Waals surface area contributed by atoms with Crippen molar-refractivity contribution in [3.63, 3.8) is 0 Å². The van der Waals surface area contributed by atoms with E-state index >= 15 is 0 Å². The number of hydrogen-bond donors (Lipinski definition) is 0. The molecule has 0 bridgehead atoms. The number of ether oxygens (including phenoxy) is 1. The van der Waals surface area contributed by atoms with Crippen LogP contribution in [0.15, 0.2) is 46.6 Å². The van der Waals surface area contributed by atoms with Gasteiger partial charge in [0.15, 0.2) is 6.23 Å². The van der Waals surface area contributed by atoms with Gasteiger partial charge in [-0.05, 0) is 12.5 Å². The molecule has 1 amide bonds. The van der Waals surface area contributed by atoms with Crippen LogP contribution in [-0.2, 0) is 14.3 Å². The highest BCUT2D eigenvalue weighted by molar-refractivity contribution is 9.11. The van der Waals surface area contributed by atoms with Crippen molar-refractivity contribution >= 4 is 27.8 Å². The predicted molar refractivity (Wildman–Crippen MR) is 84.2 cm³/mol. The summed E-state index contributed by atoms with van der Waals surface area (Å²) in [7, 11) is 0. The minimum Gasteiger partial charge on any atom is -0.436 e. The molecule has 0 spiro atoms. The first kappa shape index (κ1) is 15.8. The van der Waals surface area contributed by atoms with Crippen molar-refractivity contribution in [2.24, 2.45) is 5.41 Å².